The number of ether oxygens (including phenoxy) is 1. The average Bonchev–Trinajstić information content (AvgIpc) is 2.75. The summed E-state index contributed by atoms with van der Waals surface area (Å²) in [5.74, 6) is -0.463. The summed E-state index contributed by atoms with van der Waals surface area (Å²) in [6, 6.07) is 21.7. The van der Waals surface area contributed by atoms with Crippen LogP contribution in [0.5, 0.6) is 5.75 Å². The van der Waals surface area contributed by atoms with E-state index in [2.05, 4.69) is 10.6 Å². The molecule has 2 N–H and O–H groups in total. The topological polar surface area (TPSA) is 67.4 Å². The van der Waals surface area contributed by atoms with E-state index in [1.165, 1.54) is 24.3 Å². The maximum absolute atomic E-state index is 12.9. The normalized spacial score (nSPS) is 11.4. The molecule has 5 nitrogen and oxygen atoms in total. The first-order chi connectivity index (χ1) is 14.0. The Balaban J connectivity index is 1.51. The largest absolute Gasteiger partial charge is 0.481 e. The highest BCUT2D eigenvalue weighted by Gasteiger charge is 2.15. The summed E-state index contributed by atoms with van der Waals surface area (Å²) in [6.07, 6.45) is -0.766. The second-order valence-corrected chi connectivity index (χ2v) is 6.45. The number of anilines is 1. The molecule has 0 saturated heterocycles. The van der Waals surface area contributed by atoms with Gasteiger partial charge in [-0.2, -0.15) is 0 Å². The van der Waals surface area contributed by atoms with Gasteiger partial charge in [0.15, 0.2) is 6.10 Å². The summed E-state index contributed by atoms with van der Waals surface area (Å²) in [5, 5.41) is 5.51. The lowest BCUT2D eigenvalue weighted by molar-refractivity contribution is -0.122. The van der Waals surface area contributed by atoms with Crippen molar-refractivity contribution in [2.24, 2.45) is 0 Å². The highest BCUT2D eigenvalue weighted by molar-refractivity contribution is 5.95. The number of halogens is 1. The van der Waals surface area contributed by atoms with Gasteiger partial charge in [0.25, 0.3) is 11.8 Å². The Kier molecular flexibility index (Phi) is 6.58. The molecule has 1 atom stereocenters. The van der Waals surface area contributed by atoms with Gasteiger partial charge in [0.1, 0.15) is 11.6 Å². The Bertz CT molecular complexity index is 958. The Morgan fingerprint density at radius 2 is 1.59 bits per heavy atom. The maximum Gasteiger partial charge on any atom is 0.265 e. The van der Waals surface area contributed by atoms with Crippen molar-refractivity contribution in [2.45, 2.75) is 19.6 Å². The number of carbonyl (C=O) groups excluding carboxylic acids is 2. The number of carbonyl (C=O) groups is 2. The van der Waals surface area contributed by atoms with Gasteiger partial charge >= 0.3 is 0 Å². The van der Waals surface area contributed by atoms with Gasteiger partial charge in [-0.15, -0.1) is 0 Å². The van der Waals surface area contributed by atoms with Crippen LogP contribution in [0, 0.1) is 5.82 Å². The molecule has 29 heavy (non-hydrogen) atoms. The third-order valence-electron chi connectivity index (χ3n) is 4.21. The number of hydrogen-bond acceptors (Lipinski definition) is 3. The minimum absolute atomic E-state index is 0.192. The van der Waals surface area contributed by atoms with Gasteiger partial charge < -0.3 is 15.4 Å². The molecule has 0 aromatic heterocycles. The van der Waals surface area contributed by atoms with Crippen LogP contribution in [0.25, 0.3) is 0 Å². The quantitative estimate of drug-likeness (QED) is 0.634. The highest BCUT2D eigenvalue weighted by Crippen LogP contribution is 2.15. The number of hydrogen-bond donors (Lipinski definition) is 2. The van der Waals surface area contributed by atoms with Gasteiger partial charge in [-0.3, -0.25) is 9.59 Å². The van der Waals surface area contributed by atoms with Gasteiger partial charge in [-0.25, -0.2) is 4.39 Å². The predicted octanol–water partition coefficient (Wildman–Crippen LogP) is 4.16. The summed E-state index contributed by atoms with van der Waals surface area (Å²) in [7, 11) is 0. The lowest BCUT2D eigenvalue weighted by Crippen LogP contribution is -2.30. The van der Waals surface area contributed by atoms with Crippen LogP contribution in [0.4, 0.5) is 10.1 Å². The lowest BCUT2D eigenvalue weighted by Gasteiger charge is -2.15. The molecular formula is C23H21FN2O3. The van der Waals surface area contributed by atoms with E-state index in [0.29, 0.717) is 23.5 Å². The number of benzene rings is 3. The highest BCUT2D eigenvalue weighted by atomic mass is 19.1. The molecule has 0 unspecified atom stereocenters. The van der Waals surface area contributed by atoms with Crippen molar-refractivity contribution in [3.63, 3.8) is 0 Å². The van der Waals surface area contributed by atoms with Crippen molar-refractivity contribution in [2.75, 3.05) is 5.32 Å². The molecule has 0 fully saturated rings. The van der Waals surface area contributed by atoms with Crippen molar-refractivity contribution in [1.82, 2.24) is 5.32 Å². The van der Waals surface area contributed by atoms with Gasteiger partial charge in [0, 0.05) is 17.8 Å². The number of rotatable bonds is 7. The zero-order chi connectivity index (χ0) is 20.6. The minimum atomic E-state index is -0.766. The average molecular weight is 392 g/mol. The standard InChI is InChI=1S/C23H21FN2O3/c1-16(22(27)26-20-11-9-19(24)10-12-20)29-21-13-7-18(8-14-21)23(28)25-15-17-5-3-2-4-6-17/h2-14,16H,15H2,1H3,(H,25,28)(H,26,27)/t16-/m0/s1. The zero-order valence-corrected chi connectivity index (χ0v) is 15.9. The summed E-state index contributed by atoms with van der Waals surface area (Å²) in [6.45, 7) is 2.05. The van der Waals surface area contributed by atoms with E-state index >= 15 is 0 Å². The Morgan fingerprint density at radius 3 is 2.24 bits per heavy atom. The fraction of sp³-hybridized carbons (Fsp3) is 0.130. The molecule has 0 bridgehead atoms. The first-order valence-corrected chi connectivity index (χ1v) is 9.16. The first-order valence-electron chi connectivity index (χ1n) is 9.16. The van der Waals surface area contributed by atoms with Crippen LogP contribution in [0.3, 0.4) is 0 Å². The van der Waals surface area contributed by atoms with Crippen LogP contribution >= 0.6 is 0 Å². The third kappa shape index (κ3) is 5.90. The smallest absolute Gasteiger partial charge is 0.265 e. The van der Waals surface area contributed by atoms with Crippen molar-refractivity contribution >= 4 is 17.5 Å². The summed E-state index contributed by atoms with van der Waals surface area (Å²) in [4.78, 5) is 24.4. The van der Waals surface area contributed by atoms with E-state index in [4.69, 9.17) is 4.74 Å². The summed E-state index contributed by atoms with van der Waals surface area (Å²) >= 11 is 0. The van der Waals surface area contributed by atoms with E-state index in [1.807, 2.05) is 30.3 Å². The van der Waals surface area contributed by atoms with Crippen LogP contribution < -0.4 is 15.4 Å². The predicted molar refractivity (Wildman–Crippen MR) is 109 cm³/mol. The van der Waals surface area contributed by atoms with E-state index in [1.54, 1.807) is 31.2 Å². The van der Waals surface area contributed by atoms with Crippen molar-refractivity contribution in [1.29, 1.82) is 0 Å². The zero-order valence-electron chi connectivity index (χ0n) is 15.9. The molecule has 0 heterocycles. The van der Waals surface area contributed by atoms with Crippen molar-refractivity contribution in [3.05, 3.63) is 95.8 Å². The minimum Gasteiger partial charge on any atom is -0.481 e. The van der Waals surface area contributed by atoms with Gasteiger partial charge in [0.05, 0.1) is 0 Å². The fourth-order valence-corrected chi connectivity index (χ4v) is 2.60. The Hall–Kier alpha value is -3.67. The maximum atomic E-state index is 12.9. The fourth-order valence-electron chi connectivity index (χ4n) is 2.60. The molecule has 0 aliphatic rings. The molecule has 0 radical (unpaired) electrons. The molecule has 3 rings (SSSR count). The molecular weight excluding hydrogens is 371 g/mol. The molecule has 6 heteroatoms. The van der Waals surface area contributed by atoms with Crippen LogP contribution in [0.2, 0.25) is 0 Å². The molecule has 0 aliphatic heterocycles. The molecule has 0 saturated carbocycles. The second kappa shape index (κ2) is 9.50. The van der Waals surface area contributed by atoms with Crippen molar-refractivity contribution < 1.29 is 18.7 Å². The SMILES string of the molecule is C[C@H](Oc1ccc(C(=O)NCc2ccccc2)cc1)C(=O)Nc1ccc(F)cc1. The van der Waals surface area contributed by atoms with Crippen LogP contribution in [-0.4, -0.2) is 17.9 Å². The van der Waals surface area contributed by atoms with E-state index < -0.39 is 6.10 Å². The van der Waals surface area contributed by atoms with Crippen LogP contribution in [-0.2, 0) is 11.3 Å². The Labute approximate surface area is 168 Å². The van der Waals surface area contributed by atoms with Gasteiger partial charge in [-0.1, -0.05) is 30.3 Å². The monoisotopic (exact) mass is 392 g/mol. The molecule has 0 aliphatic carbocycles. The Morgan fingerprint density at radius 1 is 0.931 bits per heavy atom. The third-order valence-corrected chi connectivity index (χ3v) is 4.21. The molecule has 0 spiro atoms. The van der Waals surface area contributed by atoms with Gasteiger partial charge in [-0.05, 0) is 61.0 Å². The lowest BCUT2D eigenvalue weighted by atomic mass is 10.2. The first kappa shape index (κ1) is 20.1. The van der Waals surface area contributed by atoms with E-state index in [0.717, 1.165) is 5.56 Å². The summed E-state index contributed by atoms with van der Waals surface area (Å²) in [5.41, 5.74) is 2.00. The number of amides is 2. The molecule has 2 amide bonds. The van der Waals surface area contributed by atoms with Crippen LogP contribution in [0.15, 0.2) is 78.9 Å². The van der Waals surface area contributed by atoms with Gasteiger partial charge in [0.2, 0.25) is 0 Å². The van der Waals surface area contributed by atoms with Crippen molar-refractivity contribution in [3.8, 4) is 5.75 Å². The number of nitrogens with one attached hydrogen (secondary N) is 2. The summed E-state index contributed by atoms with van der Waals surface area (Å²) < 4.78 is 18.5. The van der Waals surface area contributed by atoms with Crippen LogP contribution in [0.1, 0.15) is 22.8 Å². The molecule has 3 aromatic rings. The second-order valence-electron chi connectivity index (χ2n) is 6.45. The van der Waals surface area contributed by atoms with E-state index in [9.17, 15) is 14.0 Å². The molecule has 148 valence electrons. The molecule has 3 aromatic carbocycles. The van der Waals surface area contributed by atoms with E-state index in [-0.39, 0.29) is 17.6 Å².